The standard InChI is InChI=1S/C18H21N3O3S/c1-11-16(25-17(19-11)12-6-4-3-5-7-12)21-15(24)14(23)20-13-8-18(2,9-13)10-22/h3-7,13,22H,8-10H2,1-2H3,(H,20,23)(H,21,24). The van der Waals surface area contributed by atoms with Crippen molar-refractivity contribution in [3.05, 3.63) is 36.0 Å². The van der Waals surface area contributed by atoms with Crippen molar-refractivity contribution in [3.8, 4) is 10.6 Å². The van der Waals surface area contributed by atoms with Crippen LogP contribution >= 0.6 is 11.3 Å². The van der Waals surface area contributed by atoms with E-state index in [9.17, 15) is 14.7 Å². The molecule has 0 radical (unpaired) electrons. The van der Waals surface area contributed by atoms with Gasteiger partial charge < -0.3 is 15.7 Å². The maximum atomic E-state index is 12.1. The van der Waals surface area contributed by atoms with Crippen molar-refractivity contribution < 1.29 is 14.7 Å². The zero-order chi connectivity index (χ0) is 18.0. The number of nitrogens with zero attached hydrogens (tertiary/aromatic N) is 1. The molecule has 25 heavy (non-hydrogen) atoms. The number of thiazole rings is 1. The molecule has 0 spiro atoms. The van der Waals surface area contributed by atoms with Crippen LogP contribution in [0.15, 0.2) is 30.3 Å². The Morgan fingerprint density at radius 2 is 1.96 bits per heavy atom. The maximum absolute atomic E-state index is 12.1. The van der Waals surface area contributed by atoms with Crippen molar-refractivity contribution in [3.63, 3.8) is 0 Å². The average Bonchev–Trinajstić information content (AvgIpc) is 2.94. The van der Waals surface area contributed by atoms with Gasteiger partial charge in [0.05, 0.1) is 5.69 Å². The van der Waals surface area contributed by atoms with E-state index in [2.05, 4.69) is 15.6 Å². The monoisotopic (exact) mass is 359 g/mol. The second kappa shape index (κ2) is 6.93. The molecule has 3 N–H and O–H groups in total. The number of anilines is 1. The fourth-order valence-electron chi connectivity index (χ4n) is 2.99. The summed E-state index contributed by atoms with van der Waals surface area (Å²) in [4.78, 5) is 28.6. The lowest BCUT2D eigenvalue weighted by Crippen LogP contribution is -2.53. The number of amides is 2. The van der Waals surface area contributed by atoms with Crippen molar-refractivity contribution in [1.29, 1.82) is 0 Å². The largest absolute Gasteiger partial charge is 0.396 e. The fourth-order valence-corrected chi connectivity index (χ4v) is 3.96. The minimum Gasteiger partial charge on any atom is -0.396 e. The molecule has 1 fully saturated rings. The molecule has 3 rings (SSSR count). The highest BCUT2D eigenvalue weighted by Gasteiger charge is 2.41. The third kappa shape index (κ3) is 3.88. The summed E-state index contributed by atoms with van der Waals surface area (Å²) in [7, 11) is 0. The van der Waals surface area contributed by atoms with E-state index in [1.54, 1.807) is 6.92 Å². The Morgan fingerprint density at radius 3 is 2.60 bits per heavy atom. The van der Waals surface area contributed by atoms with E-state index >= 15 is 0 Å². The van der Waals surface area contributed by atoms with Crippen LogP contribution in [0.2, 0.25) is 0 Å². The van der Waals surface area contributed by atoms with Gasteiger partial charge in [-0.1, -0.05) is 48.6 Å². The molecule has 0 saturated heterocycles. The third-order valence-electron chi connectivity index (χ3n) is 4.45. The van der Waals surface area contributed by atoms with Crippen molar-refractivity contribution in [1.82, 2.24) is 10.3 Å². The number of hydrogen-bond donors (Lipinski definition) is 3. The lowest BCUT2D eigenvalue weighted by Gasteiger charge is -2.44. The van der Waals surface area contributed by atoms with Crippen molar-refractivity contribution in [2.24, 2.45) is 5.41 Å². The quantitative estimate of drug-likeness (QED) is 0.731. The van der Waals surface area contributed by atoms with Gasteiger partial charge in [0.1, 0.15) is 10.0 Å². The highest BCUT2D eigenvalue weighted by atomic mass is 32.1. The van der Waals surface area contributed by atoms with Crippen LogP contribution in [0.5, 0.6) is 0 Å². The molecule has 0 bridgehead atoms. The SMILES string of the molecule is Cc1nc(-c2ccccc2)sc1NC(=O)C(=O)NC1CC(C)(CO)C1. The maximum Gasteiger partial charge on any atom is 0.314 e. The molecule has 1 heterocycles. The van der Waals surface area contributed by atoms with Crippen LogP contribution in [0.4, 0.5) is 5.00 Å². The smallest absolute Gasteiger partial charge is 0.314 e. The summed E-state index contributed by atoms with van der Waals surface area (Å²) in [6.45, 7) is 3.85. The Bertz CT molecular complexity index is 782. The first-order valence-electron chi connectivity index (χ1n) is 8.16. The highest BCUT2D eigenvalue weighted by Crippen LogP contribution is 2.40. The van der Waals surface area contributed by atoms with Crippen LogP contribution in [-0.4, -0.2) is 34.6 Å². The predicted octanol–water partition coefficient (Wildman–Crippen LogP) is 2.33. The summed E-state index contributed by atoms with van der Waals surface area (Å²) in [6.07, 6.45) is 1.36. The van der Waals surface area contributed by atoms with E-state index in [0.717, 1.165) is 10.6 Å². The minimum atomic E-state index is -0.691. The summed E-state index contributed by atoms with van der Waals surface area (Å²) in [5, 5.41) is 16.0. The van der Waals surface area contributed by atoms with E-state index in [-0.39, 0.29) is 18.1 Å². The van der Waals surface area contributed by atoms with Crippen molar-refractivity contribution in [2.45, 2.75) is 32.7 Å². The molecule has 1 aliphatic carbocycles. The molecule has 2 amide bonds. The zero-order valence-corrected chi connectivity index (χ0v) is 15.0. The van der Waals surface area contributed by atoms with Crippen molar-refractivity contribution in [2.75, 3.05) is 11.9 Å². The van der Waals surface area contributed by atoms with Crippen LogP contribution in [0.1, 0.15) is 25.5 Å². The summed E-state index contributed by atoms with van der Waals surface area (Å²) >= 11 is 1.34. The zero-order valence-electron chi connectivity index (χ0n) is 14.2. The van der Waals surface area contributed by atoms with Gasteiger partial charge in [0.15, 0.2) is 0 Å². The molecule has 1 aromatic carbocycles. The molecule has 7 heteroatoms. The molecule has 1 aromatic heterocycles. The number of nitrogens with one attached hydrogen (secondary N) is 2. The van der Waals surface area contributed by atoms with Gasteiger partial charge in [-0.3, -0.25) is 9.59 Å². The summed E-state index contributed by atoms with van der Waals surface area (Å²) in [6, 6.07) is 9.63. The molecule has 0 atom stereocenters. The molecule has 0 unspecified atom stereocenters. The first-order valence-corrected chi connectivity index (χ1v) is 8.97. The molecule has 6 nitrogen and oxygen atoms in total. The molecule has 1 aliphatic rings. The minimum absolute atomic E-state index is 0.0576. The number of carbonyl (C=O) groups excluding carboxylic acids is 2. The van der Waals surface area contributed by atoms with E-state index in [1.807, 2.05) is 37.3 Å². The Kier molecular flexibility index (Phi) is 4.87. The van der Waals surface area contributed by atoms with Crippen molar-refractivity contribution >= 4 is 28.2 Å². The number of hydrogen-bond acceptors (Lipinski definition) is 5. The Morgan fingerprint density at radius 1 is 1.28 bits per heavy atom. The van der Waals surface area contributed by atoms with Gasteiger partial charge in [-0.15, -0.1) is 0 Å². The lowest BCUT2D eigenvalue weighted by atomic mass is 9.67. The summed E-state index contributed by atoms with van der Waals surface area (Å²) < 4.78 is 0. The van der Waals surface area contributed by atoms with E-state index in [4.69, 9.17) is 0 Å². The first-order chi connectivity index (χ1) is 11.9. The van der Waals surface area contributed by atoms with E-state index in [0.29, 0.717) is 23.5 Å². The third-order valence-corrected chi connectivity index (χ3v) is 5.57. The number of aromatic nitrogens is 1. The van der Waals surface area contributed by atoms with Crippen LogP contribution in [-0.2, 0) is 9.59 Å². The van der Waals surface area contributed by atoms with Crippen LogP contribution in [0, 0.1) is 12.3 Å². The van der Waals surface area contributed by atoms with Gasteiger partial charge in [0, 0.05) is 18.2 Å². The summed E-state index contributed by atoms with van der Waals surface area (Å²) in [5.41, 5.74) is 1.51. The summed E-state index contributed by atoms with van der Waals surface area (Å²) in [5.74, 6) is -1.34. The van der Waals surface area contributed by atoms with Crippen LogP contribution < -0.4 is 10.6 Å². The fraction of sp³-hybridized carbons (Fsp3) is 0.389. The molecule has 2 aromatic rings. The molecular weight excluding hydrogens is 338 g/mol. The Labute approximate surface area is 150 Å². The molecule has 0 aliphatic heterocycles. The Balaban J connectivity index is 1.60. The molecule has 132 valence electrons. The van der Waals surface area contributed by atoms with Gasteiger partial charge >= 0.3 is 11.8 Å². The van der Waals surface area contributed by atoms with Crippen LogP contribution in [0.25, 0.3) is 10.6 Å². The number of rotatable bonds is 4. The highest BCUT2D eigenvalue weighted by molar-refractivity contribution is 7.19. The number of aliphatic hydroxyl groups is 1. The molecular formula is C18H21N3O3S. The van der Waals surface area contributed by atoms with E-state index < -0.39 is 11.8 Å². The predicted molar refractivity (Wildman–Crippen MR) is 97.3 cm³/mol. The topological polar surface area (TPSA) is 91.3 Å². The van der Waals surface area contributed by atoms with Gasteiger partial charge in [-0.05, 0) is 25.2 Å². The normalized spacial score (nSPS) is 22.1. The number of carbonyl (C=O) groups is 2. The van der Waals surface area contributed by atoms with Gasteiger partial charge in [-0.2, -0.15) is 0 Å². The Hall–Kier alpha value is -2.25. The number of aryl methyl sites for hydroxylation is 1. The second-order valence-corrected chi connectivity index (χ2v) is 7.80. The number of aliphatic hydroxyl groups excluding tert-OH is 1. The lowest BCUT2D eigenvalue weighted by molar-refractivity contribution is -0.137. The van der Waals surface area contributed by atoms with Crippen LogP contribution in [0.3, 0.4) is 0 Å². The van der Waals surface area contributed by atoms with E-state index in [1.165, 1.54) is 11.3 Å². The second-order valence-electron chi connectivity index (χ2n) is 6.80. The van der Waals surface area contributed by atoms with Gasteiger partial charge in [0.25, 0.3) is 0 Å². The average molecular weight is 359 g/mol. The van der Waals surface area contributed by atoms with Gasteiger partial charge in [-0.25, -0.2) is 4.98 Å². The number of benzene rings is 1. The first kappa shape index (κ1) is 17.6. The molecule has 1 saturated carbocycles. The van der Waals surface area contributed by atoms with Gasteiger partial charge in [0.2, 0.25) is 0 Å².